The van der Waals surface area contributed by atoms with Crippen molar-refractivity contribution in [3.8, 4) is 5.75 Å². The largest absolute Gasteiger partial charge is 0.493 e. The van der Waals surface area contributed by atoms with Gasteiger partial charge in [0, 0.05) is 53.6 Å². The molecule has 4 rings (SSSR count). The molecule has 35 heavy (non-hydrogen) atoms. The second-order valence-electron chi connectivity index (χ2n) is 9.66. The van der Waals surface area contributed by atoms with Gasteiger partial charge in [0.2, 0.25) is 11.8 Å². The highest BCUT2D eigenvalue weighted by Crippen LogP contribution is 2.36. The molecule has 2 saturated heterocycles. The number of hydrogen-bond donors (Lipinski definition) is 0. The number of hydrogen-bond acceptors (Lipinski definition) is 3. The lowest BCUT2D eigenvalue weighted by Gasteiger charge is -2.43. The van der Waals surface area contributed by atoms with Crippen LogP contribution < -0.4 is 4.74 Å². The Bertz CT molecular complexity index is 1040. The van der Waals surface area contributed by atoms with Gasteiger partial charge in [0.1, 0.15) is 11.6 Å². The van der Waals surface area contributed by atoms with E-state index in [4.69, 9.17) is 27.9 Å². The predicted octanol–water partition coefficient (Wildman–Crippen LogP) is 5.77. The Morgan fingerprint density at radius 2 is 1.69 bits per heavy atom. The minimum absolute atomic E-state index is 0.103. The third kappa shape index (κ3) is 6.68. The average molecular weight is 521 g/mol. The number of nitrogens with zero attached hydrogens (tertiary/aromatic N) is 2. The molecule has 2 aliphatic rings. The zero-order valence-corrected chi connectivity index (χ0v) is 21.3. The van der Waals surface area contributed by atoms with Gasteiger partial charge in [-0.2, -0.15) is 0 Å². The summed E-state index contributed by atoms with van der Waals surface area (Å²) in [6.45, 7) is 2.77. The van der Waals surface area contributed by atoms with Crippen molar-refractivity contribution >= 4 is 35.0 Å². The molecule has 5 nitrogen and oxygen atoms in total. The molecule has 8 heteroatoms. The van der Waals surface area contributed by atoms with Crippen molar-refractivity contribution in [1.29, 1.82) is 0 Å². The normalized spacial score (nSPS) is 20.5. The van der Waals surface area contributed by atoms with Crippen LogP contribution in [0.5, 0.6) is 5.75 Å². The second-order valence-corrected chi connectivity index (χ2v) is 10.5. The number of amides is 2. The highest BCUT2D eigenvalue weighted by molar-refractivity contribution is 6.31. The lowest BCUT2D eigenvalue weighted by molar-refractivity contribution is -0.141. The first kappa shape index (κ1) is 25.8. The summed E-state index contributed by atoms with van der Waals surface area (Å²) in [7, 11) is 0. The Labute approximate surface area is 216 Å². The lowest BCUT2D eigenvalue weighted by atomic mass is 9.77. The van der Waals surface area contributed by atoms with E-state index < -0.39 is 11.2 Å². The minimum Gasteiger partial charge on any atom is -0.493 e. The van der Waals surface area contributed by atoms with E-state index in [1.165, 1.54) is 12.1 Å². The van der Waals surface area contributed by atoms with E-state index in [9.17, 15) is 14.0 Å². The van der Waals surface area contributed by atoms with Gasteiger partial charge in [-0.1, -0.05) is 35.3 Å². The smallest absolute Gasteiger partial charge is 0.227 e. The molecule has 1 unspecified atom stereocenters. The highest BCUT2D eigenvalue weighted by Gasteiger charge is 2.41. The second kappa shape index (κ2) is 11.6. The SMILES string of the molecule is O=C(CC1(COc2cccc(Cl)c2)CCCN(C(=O)Cc2c(F)cccc2Cl)C1)N1CCCCC1. The lowest BCUT2D eigenvalue weighted by Crippen LogP contribution is -2.51. The molecule has 0 bridgehead atoms. The molecule has 0 aromatic heterocycles. The van der Waals surface area contributed by atoms with Gasteiger partial charge in [-0.25, -0.2) is 4.39 Å². The summed E-state index contributed by atoms with van der Waals surface area (Å²) in [5.74, 6) is 0.0441. The van der Waals surface area contributed by atoms with Gasteiger partial charge in [-0.3, -0.25) is 9.59 Å². The van der Waals surface area contributed by atoms with Crippen LogP contribution in [0.15, 0.2) is 42.5 Å². The number of piperidine rings is 2. The Kier molecular flexibility index (Phi) is 8.55. The van der Waals surface area contributed by atoms with E-state index in [-0.39, 0.29) is 35.4 Å². The topological polar surface area (TPSA) is 49.9 Å². The summed E-state index contributed by atoms with van der Waals surface area (Å²) < 4.78 is 20.4. The van der Waals surface area contributed by atoms with Crippen molar-refractivity contribution in [1.82, 2.24) is 9.80 Å². The van der Waals surface area contributed by atoms with E-state index in [2.05, 4.69) is 0 Å². The molecule has 0 radical (unpaired) electrons. The van der Waals surface area contributed by atoms with E-state index in [1.54, 1.807) is 23.1 Å². The van der Waals surface area contributed by atoms with Crippen molar-refractivity contribution in [2.45, 2.75) is 44.9 Å². The summed E-state index contributed by atoms with van der Waals surface area (Å²) in [6, 6.07) is 11.6. The molecular weight excluding hydrogens is 490 g/mol. The van der Waals surface area contributed by atoms with Gasteiger partial charge in [0.15, 0.2) is 0 Å². The number of likely N-dealkylation sites (tertiary alicyclic amines) is 2. The zero-order valence-electron chi connectivity index (χ0n) is 19.8. The van der Waals surface area contributed by atoms with Crippen molar-refractivity contribution in [3.05, 3.63) is 63.9 Å². The molecule has 0 spiro atoms. The third-order valence-electron chi connectivity index (χ3n) is 6.98. The Morgan fingerprint density at radius 1 is 0.943 bits per heavy atom. The fourth-order valence-corrected chi connectivity index (χ4v) is 5.48. The van der Waals surface area contributed by atoms with Crippen LogP contribution >= 0.6 is 23.2 Å². The maximum atomic E-state index is 14.3. The fourth-order valence-electron chi connectivity index (χ4n) is 5.07. The van der Waals surface area contributed by atoms with Gasteiger partial charge in [0.25, 0.3) is 0 Å². The molecule has 0 saturated carbocycles. The number of carbonyl (C=O) groups excluding carboxylic acids is 2. The molecule has 2 amide bonds. The van der Waals surface area contributed by atoms with Crippen LogP contribution in [0.3, 0.4) is 0 Å². The molecule has 0 aliphatic carbocycles. The van der Waals surface area contributed by atoms with Gasteiger partial charge in [-0.05, 0) is 62.4 Å². The Balaban J connectivity index is 1.51. The quantitative estimate of drug-likeness (QED) is 0.465. The number of ether oxygens (including phenoxy) is 1. The van der Waals surface area contributed by atoms with Crippen molar-refractivity contribution in [2.75, 3.05) is 32.8 Å². The summed E-state index contributed by atoms with van der Waals surface area (Å²) in [6.07, 6.45) is 4.88. The van der Waals surface area contributed by atoms with Crippen molar-refractivity contribution < 1.29 is 18.7 Å². The summed E-state index contributed by atoms with van der Waals surface area (Å²) in [5.41, 5.74) is -0.334. The monoisotopic (exact) mass is 520 g/mol. The molecule has 2 heterocycles. The maximum absolute atomic E-state index is 14.3. The third-order valence-corrected chi connectivity index (χ3v) is 7.57. The van der Waals surface area contributed by atoms with E-state index in [0.29, 0.717) is 30.3 Å². The molecule has 0 N–H and O–H groups in total. The molecule has 2 aliphatic heterocycles. The summed E-state index contributed by atoms with van der Waals surface area (Å²) >= 11 is 12.3. The number of halogens is 3. The van der Waals surface area contributed by atoms with Gasteiger partial charge >= 0.3 is 0 Å². The number of carbonyl (C=O) groups is 2. The van der Waals surface area contributed by atoms with Crippen LogP contribution in [-0.4, -0.2) is 54.4 Å². The first-order valence-corrected chi connectivity index (χ1v) is 13.0. The van der Waals surface area contributed by atoms with Crippen LogP contribution in [0, 0.1) is 11.2 Å². The minimum atomic E-state index is -0.538. The van der Waals surface area contributed by atoms with Crippen LogP contribution in [-0.2, 0) is 16.0 Å². The molecule has 2 aromatic rings. The summed E-state index contributed by atoms with van der Waals surface area (Å²) in [4.78, 5) is 30.2. The van der Waals surface area contributed by atoms with Gasteiger partial charge < -0.3 is 14.5 Å². The van der Waals surface area contributed by atoms with Gasteiger partial charge in [-0.15, -0.1) is 0 Å². The molecule has 188 valence electrons. The first-order chi connectivity index (χ1) is 16.8. The Morgan fingerprint density at radius 3 is 2.43 bits per heavy atom. The standard InChI is InChI=1S/C27H31Cl2FN2O3/c28-20-7-4-8-21(15-20)35-19-27(17-26(34)31-12-2-1-3-13-31)11-6-14-32(18-27)25(33)16-22-23(29)9-5-10-24(22)30/h4-5,7-10,15H,1-3,6,11-14,16-19H2. The van der Waals surface area contributed by atoms with Crippen LogP contribution in [0.4, 0.5) is 4.39 Å². The van der Waals surface area contributed by atoms with E-state index >= 15 is 0 Å². The molecule has 2 aromatic carbocycles. The molecule has 2 fully saturated rings. The van der Waals surface area contributed by atoms with E-state index in [0.717, 1.165) is 45.2 Å². The zero-order chi connectivity index (χ0) is 24.8. The van der Waals surface area contributed by atoms with Crippen LogP contribution in [0.25, 0.3) is 0 Å². The van der Waals surface area contributed by atoms with Gasteiger partial charge in [0.05, 0.1) is 13.0 Å². The first-order valence-electron chi connectivity index (χ1n) is 12.2. The molecule has 1 atom stereocenters. The van der Waals surface area contributed by atoms with E-state index in [1.807, 2.05) is 17.0 Å². The number of rotatable bonds is 7. The fraction of sp³-hybridized carbons (Fsp3) is 0.481. The maximum Gasteiger partial charge on any atom is 0.227 e. The average Bonchev–Trinajstić information content (AvgIpc) is 2.86. The summed E-state index contributed by atoms with van der Waals surface area (Å²) in [5, 5.41) is 0.814. The van der Waals surface area contributed by atoms with Crippen LogP contribution in [0.1, 0.15) is 44.1 Å². The van der Waals surface area contributed by atoms with Crippen LogP contribution in [0.2, 0.25) is 10.0 Å². The Hall–Kier alpha value is -2.31. The highest BCUT2D eigenvalue weighted by atomic mass is 35.5. The van der Waals surface area contributed by atoms with Crippen molar-refractivity contribution in [2.24, 2.45) is 5.41 Å². The molecular formula is C27H31Cl2FN2O3. The predicted molar refractivity (Wildman–Crippen MR) is 135 cm³/mol. The van der Waals surface area contributed by atoms with Crippen molar-refractivity contribution in [3.63, 3.8) is 0 Å². The number of benzene rings is 2.